The summed E-state index contributed by atoms with van der Waals surface area (Å²) in [5.41, 5.74) is 4.39. The van der Waals surface area contributed by atoms with Gasteiger partial charge in [0.2, 0.25) is 0 Å². The zero-order valence-corrected chi connectivity index (χ0v) is 43.9. The molecule has 4 fully saturated rings. The fourth-order valence-electron chi connectivity index (χ4n) is 12.0. The number of anilines is 2. The van der Waals surface area contributed by atoms with Crippen LogP contribution in [0.25, 0.3) is 11.0 Å². The Morgan fingerprint density at radius 1 is 0.960 bits per heavy atom. The van der Waals surface area contributed by atoms with E-state index in [1.165, 1.54) is 42.6 Å². The Labute approximate surface area is 437 Å². The van der Waals surface area contributed by atoms with E-state index in [4.69, 9.17) is 9.47 Å². The lowest BCUT2D eigenvalue weighted by Crippen LogP contribution is -2.60. The molecule has 2 aliphatic heterocycles. The number of aliphatic hydroxyl groups is 1. The molecule has 2 saturated heterocycles. The Balaban J connectivity index is 0.832. The number of nitrogens with zero attached hydrogens (tertiary/aromatic N) is 5. The lowest BCUT2D eigenvalue weighted by molar-refractivity contribution is -0.384. The third-order valence-electron chi connectivity index (χ3n) is 16.4. The molecule has 75 heavy (non-hydrogen) atoms. The number of pyridine rings is 1. The molecule has 10 rings (SSSR count). The molecular weight excluding hydrogens is 976 g/mol. The first-order valence-electron chi connectivity index (χ1n) is 26.2. The van der Waals surface area contributed by atoms with Gasteiger partial charge < -0.3 is 29.8 Å². The van der Waals surface area contributed by atoms with Crippen LogP contribution >= 0.6 is 0 Å². The molecule has 1 atom stereocenters. The number of aromatic amines is 1. The molecule has 6 aromatic rings. The molecule has 2 saturated carbocycles. The standard InChI is InChI=1S/C57H67FN8O8S/c1-37(2)45-7-5-6-8-46(45)51-36-63(35-39-9-13-48(58)53(27-39)73-4)25-26-65(51)42-31-57(32-42)20-23-64(24-21-57)41-10-12-47(52(29-41)74-43-28-40-17-22-59-54(40)61-34-43)55(67)62-75(71,72)44-11-14-49(50(30-44)66(69)70)60-33-38-15-18-56(3,68)19-16-38/h5-14,17,22,27-30,34,37-38,42,51,60,68H,15-16,18-21,23-26,31-33,35-36H2,1-4H3,(H,59,61)(H,62,67)/t38-,51-,56-/m0/s1. The number of carbonyl (C=O) groups excluding carboxylic acids is 1. The highest BCUT2D eigenvalue weighted by Gasteiger charge is 2.50. The maximum absolute atomic E-state index is 14.3. The molecule has 396 valence electrons. The Bertz CT molecular complexity index is 3180. The fraction of sp³-hybridized carbons (Fsp3) is 0.439. The third-order valence-corrected chi connectivity index (χ3v) is 17.7. The van der Waals surface area contributed by atoms with Crippen LogP contribution in [0.3, 0.4) is 0 Å². The molecule has 4 aliphatic rings. The number of carbonyl (C=O) groups is 1. The van der Waals surface area contributed by atoms with Gasteiger partial charge in [0.15, 0.2) is 11.6 Å². The molecule has 0 bridgehead atoms. The van der Waals surface area contributed by atoms with Crippen LogP contribution in [0.2, 0.25) is 0 Å². The summed E-state index contributed by atoms with van der Waals surface area (Å²) in [5, 5.41) is 26.5. The summed E-state index contributed by atoms with van der Waals surface area (Å²) in [5.74, 6) is -0.0310. The van der Waals surface area contributed by atoms with Crippen LogP contribution in [0.4, 0.5) is 21.5 Å². The summed E-state index contributed by atoms with van der Waals surface area (Å²) >= 11 is 0. The minimum Gasteiger partial charge on any atom is -0.494 e. The number of hydrogen-bond acceptors (Lipinski definition) is 13. The number of methoxy groups -OCH3 is 1. The van der Waals surface area contributed by atoms with Gasteiger partial charge in [-0.15, -0.1) is 0 Å². The Morgan fingerprint density at radius 3 is 2.48 bits per heavy atom. The number of benzene rings is 4. The molecule has 1 spiro atoms. The van der Waals surface area contributed by atoms with Gasteiger partial charge >= 0.3 is 0 Å². The maximum atomic E-state index is 14.3. The summed E-state index contributed by atoms with van der Waals surface area (Å²) in [4.78, 5) is 40.3. The number of H-pyrrole nitrogens is 1. The SMILES string of the molecule is COc1cc(CN2CCN(C3CC4(CCN(c5ccc(C(=O)NS(=O)(=O)c6ccc(NC[C@H]7CC[C@](C)(O)CC7)c([N+](=O)[O-])c6)c(Oc6cnc7[nH]ccc7c6)c5)CC4)C3)[C@H](c3ccccc3C(C)C)C2)ccc1F. The summed E-state index contributed by atoms with van der Waals surface area (Å²) in [6.07, 6.45) is 10.2. The first-order valence-corrected chi connectivity index (χ1v) is 27.6. The van der Waals surface area contributed by atoms with Crippen molar-refractivity contribution >= 4 is 44.0 Å². The van der Waals surface area contributed by atoms with Gasteiger partial charge in [0, 0.05) is 87.3 Å². The van der Waals surface area contributed by atoms with Gasteiger partial charge in [-0.1, -0.05) is 44.2 Å². The van der Waals surface area contributed by atoms with Crippen LogP contribution in [0.15, 0.2) is 108 Å². The molecule has 2 aliphatic carbocycles. The Hall–Kier alpha value is -6.60. The first-order chi connectivity index (χ1) is 35.9. The van der Waals surface area contributed by atoms with Crippen LogP contribution in [0.1, 0.15) is 111 Å². The van der Waals surface area contributed by atoms with Crippen molar-refractivity contribution < 1.29 is 37.1 Å². The quantitative estimate of drug-likeness (QED) is 0.0529. The number of nitrogens with one attached hydrogen (secondary N) is 3. The number of fused-ring (bicyclic) bond motifs is 1. The molecule has 0 radical (unpaired) electrons. The summed E-state index contributed by atoms with van der Waals surface area (Å²) in [6.45, 7) is 11.7. The van der Waals surface area contributed by atoms with Crippen molar-refractivity contribution in [2.75, 3.05) is 56.6 Å². The van der Waals surface area contributed by atoms with E-state index in [0.717, 1.165) is 94.0 Å². The maximum Gasteiger partial charge on any atom is 0.293 e. The van der Waals surface area contributed by atoms with Gasteiger partial charge in [-0.3, -0.25) is 24.7 Å². The van der Waals surface area contributed by atoms with Crippen molar-refractivity contribution in [1.82, 2.24) is 24.5 Å². The summed E-state index contributed by atoms with van der Waals surface area (Å²) < 4.78 is 55.9. The van der Waals surface area contributed by atoms with E-state index in [1.807, 2.05) is 19.1 Å². The number of piperidine rings is 1. The lowest BCUT2D eigenvalue weighted by Gasteiger charge is -2.58. The van der Waals surface area contributed by atoms with Gasteiger partial charge in [-0.25, -0.2) is 22.5 Å². The number of nitro groups is 1. The van der Waals surface area contributed by atoms with Crippen LogP contribution in [0.5, 0.6) is 17.2 Å². The summed E-state index contributed by atoms with van der Waals surface area (Å²) in [6, 6.07) is 26.9. The van der Waals surface area contributed by atoms with E-state index in [-0.39, 0.29) is 45.9 Å². The van der Waals surface area contributed by atoms with Crippen molar-refractivity contribution in [3.63, 3.8) is 0 Å². The largest absolute Gasteiger partial charge is 0.494 e. The number of piperazine rings is 1. The number of sulfonamides is 1. The van der Waals surface area contributed by atoms with E-state index < -0.39 is 37.0 Å². The van der Waals surface area contributed by atoms with Crippen LogP contribution in [-0.2, 0) is 16.6 Å². The predicted octanol–water partition coefficient (Wildman–Crippen LogP) is 10.3. The van der Waals surface area contributed by atoms with E-state index in [1.54, 1.807) is 36.5 Å². The van der Waals surface area contributed by atoms with Crippen molar-refractivity contribution in [2.45, 2.75) is 107 Å². The van der Waals surface area contributed by atoms with Crippen LogP contribution in [-0.4, -0.2) is 102 Å². The van der Waals surface area contributed by atoms with Crippen molar-refractivity contribution in [3.8, 4) is 17.2 Å². The average Bonchev–Trinajstić information content (AvgIpc) is 3.86. The Kier molecular flexibility index (Phi) is 14.7. The van der Waals surface area contributed by atoms with Gasteiger partial charge in [-0.05, 0) is 141 Å². The van der Waals surface area contributed by atoms with Crippen LogP contribution < -0.4 is 24.4 Å². The topological polar surface area (TPSA) is 195 Å². The molecule has 18 heteroatoms. The highest BCUT2D eigenvalue weighted by atomic mass is 32.2. The Morgan fingerprint density at radius 2 is 1.73 bits per heavy atom. The van der Waals surface area contributed by atoms with E-state index in [2.05, 4.69) is 72.8 Å². The monoisotopic (exact) mass is 1040 g/mol. The van der Waals surface area contributed by atoms with Gasteiger partial charge in [0.05, 0.1) is 34.3 Å². The number of nitro benzene ring substituents is 1. The minimum atomic E-state index is -4.60. The van der Waals surface area contributed by atoms with Gasteiger partial charge in [0.25, 0.3) is 21.6 Å². The third kappa shape index (κ3) is 11.3. The van der Waals surface area contributed by atoms with Crippen LogP contribution in [0, 0.1) is 27.3 Å². The average molecular weight is 1040 g/mol. The van der Waals surface area contributed by atoms with E-state index in [9.17, 15) is 32.8 Å². The zero-order chi connectivity index (χ0) is 52.6. The second-order valence-corrected chi connectivity index (χ2v) is 23.5. The predicted molar refractivity (Wildman–Crippen MR) is 287 cm³/mol. The zero-order valence-electron chi connectivity index (χ0n) is 43.1. The minimum absolute atomic E-state index is 0.0443. The second-order valence-electron chi connectivity index (χ2n) is 21.9. The van der Waals surface area contributed by atoms with Crippen molar-refractivity contribution in [3.05, 3.63) is 142 Å². The molecule has 4 N–H and O–H groups in total. The smallest absolute Gasteiger partial charge is 0.293 e. The number of amides is 1. The highest BCUT2D eigenvalue weighted by molar-refractivity contribution is 7.90. The number of rotatable bonds is 16. The molecule has 0 unspecified atom stereocenters. The molecule has 2 aromatic heterocycles. The molecule has 4 aromatic carbocycles. The highest BCUT2D eigenvalue weighted by Crippen LogP contribution is 2.53. The molecule has 4 heterocycles. The first kappa shape index (κ1) is 51.9. The van der Waals surface area contributed by atoms with E-state index in [0.29, 0.717) is 49.3 Å². The second kappa shape index (κ2) is 21.2. The van der Waals surface area contributed by atoms with E-state index >= 15 is 0 Å². The molecule has 16 nitrogen and oxygen atoms in total. The number of ether oxygens (including phenoxy) is 2. The fourth-order valence-corrected chi connectivity index (χ4v) is 13.0. The van der Waals surface area contributed by atoms with Crippen molar-refractivity contribution in [1.29, 1.82) is 0 Å². The molecule has 1 amide bonds. The summed E-state index contributed by atoms with van der Waals surface area (Å²) in [7, 11) is -3.10. The number of halogens is 1. The number of hydrogen-bond donors (Lipinski definition) is 4. The molecular formula is C57H67FN8O8S. The van der Waals surface area contributed by atoms with Crippen molar-refractivity contribution in [2.24, 2.45) is 11.3 Å². The lowest BCUT2D eigenvalue weighted by atomic mass is 9.59. The van der Waals surface area contributed by atoms with Gasteiger partial charge in [-0.2, -0.15) is 0 Å². The number of aromatic nitrogens is 2. The van der Waals surface area contributed by atoms with Gasteiger partial charge in [0.1, 0.15) is 22.8 Å². The normalized spacial score (nSPS) is 21.5.